The van der Waals surface area contributed by atoms with E-state index in [-0.39, 0.29) is 0 Å². The molecule has 118 valence electrons. The summed E-state index contributed by atoms with van der Waals surface area (Å²) in [5, 5.41) is 0. The van der Waals surface area contributed by atoms with Gasteiger partial charge in [-0.05, 0) is 50.1 Å². The lowest BCUT2D eigenvalue weighted by molar-refractivity contribution is 0.202. The third-order valence-electron chi connectivity index (χ3n) is 4.97. The van der Waals surface area contributed by atoms with Crippen molar-refractivity contribution in [3.63, 3.8) is 0 Å². The molecule has 0 saturated heterocycles. The third-order valence-corrected chi connectivity index (χ3v) is 4.97. The minimum atomic E-state index is 0.389. The number of imidazole rings is 1. The van der Waals surface area contributed by atoms with Gasteiger partial charge in [-0.25, -0.2) is 4.98 Å². The lowest BCUT2D eigenvalue weighted by Crippen LogP contribution is -2.29. The number of hydrogen-bond donors (Lipinski definition) is 0. The fourth-order valence-corrected chi connectivity index (χ4v) is 3.68. The Bertz CT molecular complexity index is 836. The molecular formula is C19H22N4. The number of nitrogens with zero attached hydrogens (tertiary/aromatic N) is 4. The van der Waals surface area contributed by atoms with Gasteiger partial charge in [-0.2, -0.15) is 0 Å². The molecular weight excluding hydrogens is 284 g/mol. The minimum absolute atomic E-state index is 0.389. The molecule has 0 saturated carbocycles. The highest BCUT2D eigenvalue weighted by Gasteiger charge is 2.25. The van der Waals surface area contributed by atoms with E-state index in [0.717, 1.165) is 24.3 Å². The van der Waals surface area contributed by atoms with E-state index in [2.05, 4.69) is 52.8 Å². The first-order valence-electron chi connectivity index (χ1n) is 8.28. The number of pyridine rings is 1. The number of aromatic nitrogens is 3. The maximum Gasteiger partial charge on any atom is 0.123 e. The topological polar surface area (TPSA) is 34.0 Å². The first kappa shape index (κ1) is 14.4. The van der Waals surface area contributed by atoms with E-state index in [1.54, 1.807) is 0 Å². The molecule has 4 rings (SSSR count). The molecule has 1 atom stereocenters. The Morgan fingerprint density at radius 3 is 2.96 bits per heavy atom. The van der Waals surface area contributed by atoms with Crippen LogP contribution in [0.4, 0.5) is 0 Å². The minimum Gasteiger partial charge on any atom is -0.330 e. The quantitative estimate of drug-likeness (QED) is 0.743. The Hall–Kier alpha value is -2.20. The maximum atomic E-state index is 4.80. The predicted molar refractivity (Wildman–Crippen MR) is 92.1 cm³/mol. The Kier molecular flexibility index (Phi) is 3.62. The molecule has 1 aromatic carbocycles. The number of hydrogen-bond acceptors (Lipinski definition) is 3. The molecule has 4 heteroatoms. The fourth-order valence-electron chi connectivity index (χ4n) is 3.68. The molecule has 1 aliphatic carbocycles. The molecule has 2 heterocycles. The molecule has 0 fully saturated rings. The molecule has 0 bridgehead atoms. The zero-order valence-electron chi connectivity index (χ0n) is 13.7. The van der Waals surface area contributed by atoms with Crippen molar-refractivity contribution in [2.75, 3.05) is 7.05 Å². The van der Waals surface area contributed by atoms with Crippen LogP contribution in [0.5, 0.6) is 0 Å². The largest absolute Gasteiger partial charge is 0.330 e. The van der Waals surface area contributed by atoms with Gasteiger partial charge in [-0.1, -0.05) is 18.2 Å². The summed E-state index contributed by atoms with van der Waals surface area (Å²) in [5.74, 6) is 1.11. The first-order valence-corrected chi connectivity index (χ1v) is 8.28. The van der Waals surface area contributed by atoms with Gasteiger partial charge in [0, 0.05) is 13.2 Å². The van der Waals surface area contributed by atoms with Crippen molar-refractivity contribution in [1.82, 2.24) is 19.4 Å². The second-order valence-electron chi connectivity index (χ2n) is 6.45. The van der Waals surface area contributed by atoms with Crippen LogP contribution in [0.3, 0.4) is 0 Å². The molecule has 0 amide bonds. The number of para-hydroxylation sites is 2. The smallest absolute Gasteiger partial charge is 0.123 e. The Labute approximate surface area is 136 Å². The van der Waals surface area contributed by atoms with Gasteiger partial charge in [0.05, 0.1) is 29.3 Å². The third kappa shape index (κ3) is 2.53. The fraction of sp³-hybridized carbons (Fsp3) is 0.368. The number of aryl methyl sites for hydroxylation is 2. The maximum absolute atomic E-state index is 4.80. The number of rotatable bonds is 3. The lowest BCUT2D eigenvalue weighted by Gasteiger charge is -2.32. The SMILES string of the molecule is CN(Cc1nc2ccccc2n1C)C1CCCc2cccnc21. The summed E-state index contributed by atoms with van der Waals surface area (Å²) in [6.07, 6.45) is 5.47. The van der Waals surface area contributed by atoms with Crippen LogP contribution in [0.15, 0.2) is 42.6 Å². The molecule has 1 unspecified atom stereocenters. The van der Waals surface area contributed by atoms with Gasteiger partial charge in [0.15, 0.2) is 0 Å². The zero-order chi connectivity index (χ0) is 15.8. The van der Waals surface area contributed by atoms with Crippen LogP contribution in [0.25, 0.3) is 11.0 Å². The summed E-state index contributed by atoms with van der Waals surface area (Å²) in [5.41, 5.74) is 4.92. The van der Waals surface area contributed by atoms with Crippen molar-refractivity contribution >= 4 is 11.0 Å². The van der Waals surface area contributed by atoms with Crippen molar-refractivity contribution in [2.24, 2.45) is 7.05 Å². The summed E-state index contributed by atoms with van der Waals surface area (Å²) < 4.78 is 2.20. The van der Waals surface area contributed by atoms with E-state index in [1.165, 1.54) is 29.6 Å². The average Bonchev–Trinajstić information content (AvgIpc) is 2.90. The highest BCUT2D eigenvalue weighted by atomic mass is 15.2. The van der Waals surface area contributed by atoms with E-state index >= 15 is 0 Å². The molecule has 4 nitrogen and oxygen atoms in total. The van der Waals surface area contributed by atoms with Gasteiger partial charge in [0.2, 0.25) is 0 Å². The molecule has 0 radical (unpaired) electrons. The monoisotopic (exact) mass is 306 g/mol. The van der Waals surface area contributed by atoms with Gasteiger partial charge in [0.25, 0.3) is 0 Å². The van der Waals surface area contributed by atoms with Crippen LogP contribution < -0.4 is 0 Å². The Morgan fingerprint density at radius 2 is 2.09 bits per heavy atom. The van der Waals surface area contributed by atoms with Crippen molar-refractivity contribution in [2.45, 2.75) is 31.8 Å². The standard InChI is InChI=1S/C19H22N4/c1-22(17-11-5-7-14-8-6-12-20-19(14)17)13-18-21-15-9-3-4-10-16(15)23(18)2/h3-4,6,8-10,12,17H,5,7,11,13H2,1-2H3. The summed E-state index contributed by atoms with van der Waals surface area (Å²) in [6.45, 7) is 0.839. The van der Waals surface area contributed by atoms with E-state index in [4.69, 9.17) is 4.98 Å². The van der Waals surface area contributed by atoms with Gasteiger partial charge in [-0.3, -0.25) is 9.88 Å². The number of fused-ring (bicyclic) bond motifs is 2. The van der Waals surface area contributed by atoms with E-state index in [0.29, 0.717) is 6.04 Å². The molecule has 1 aliphatic rings. The van der Waals surface area contributed by atoms with Crippen LogP contribution in [-0.4, -0.2) is 26.5 Å². The second kappa shape index (κ2) is 5.78. The molecule has 0 aliphatic heterocycles. The highest BCUT2D eigenvalue weighted by Crippen LogP contribution is 2.32. The van der Waals surface area contributed by atoms with Crippen LogP contribution in [0.1, 0.15) is 36.0 Å². The van der Waals surface area contributed by atoms with Crippen LogP contribution in [0, 0.1) is 0 Å². The predicted octanol–water partition coefficient (Wildman–Crippen LogP) is 3.48. The molecule has 23 heavy (non-hydrogen) atoms. The van der Waals surface area contributed by atoms with Crippen LogP contribution >= 0.6 is 0 Å². The zero-order valence-corrected chi connectivity index (χ0v) is 13.7. The average molecular weight is 306 g/mol. The molecule has 0 N–H and O–H groups in total. The molecule has 3 aromatic rings. The van der Waals surface area contributed by atoms with E-state index < -0.39 is 0 Å². The Morgan fingerprint density at radius 1 is 1.22 bits per heavy atom. The lowest BCUT2D eigenvalue weighted by atomic mass is 9.91. The van der Waals surface area contributed by atoms with Crippen molar-refractivity contribution in [3.05, 3.63) is 59.7 Å². The normalized spacial score (nSPS) is 17.6. The van der Waals surface area contributed by atoms with E-state index in [9.17, 15) is 0 Å². The molecule has 0 spiro atoms. The summed E-state index contributed by atoms with van der Waals surface area (Å²) in [6, 6.07) is 13.0. The van der Waals surface area contributed by atoms with Gasteiger partial charge in [-0.15, -0.1) is 0 Å². The van der Waals surface area contributed by atoms with Gasteiger partial charge in [0.1, 0.15) is 5.82 Å². The van der Waals surface area contributed by atoms with Crippen LogP contribution in [0.2, 0.25) is 0 Å². The summed E-state index contributed by atoms with van der Waals surface area (Å²) >= 11 is 0. The van der Waals surface area contributed by atoms with Crippen LogP contribution in [-0.2, 0) is 20.0 Å². The van der Waals surface area contributed by atoms with Gasteiger partial charge >= 0.3 is 0 Å². The second-order valence-corrected chi connectivity index (χ2v) is 6.45. The van der Waals surface area contributed by atoms with E-state index in [1.807, 2.05) is 18.3 Å². The van der Waals surface area contributed by atoms with Crippen molar-refractivity contribution < 1.29 is 0 Å². The van der Waals surface area contributed by atoms with Gasteiger partial charge < -0.3 is 4.57 Å². The molecule has 2 aromatic heterocycles. The summed E-state index contributed by atoms with van der Waals surface area (Å²) in [7, 11) is 4.29. The highest BCUT2D eigenvalue weighted by molar-refractivity contribution is 5.75. The van der Waals surface area contributed by atoms with Crippen molar-refractivity contribution in [3.8, 4) is 0 Å². The first-order chi connectivity index (χ1) is 11.2. The van der Waals surface area contributed by atoms with Crippen molar-refractivity contribution in [1.29, 1.82) is 0 Å². The number of benzene rings is 1. The Balaban J connectivity index is 1.63. The summed E-state index contributed by atoms with van der Waals surface area (Å²) in [4.78, 5) is 11.9.